The number of benzene rings is 2. The standard InChI is InChI=1S/C25H31FN4O5S/c1-28-12-14-29(15-13-28)25(32)18-5-8-21(9-6-18)27-24(31)19-4-3-11-30(17-19)36(33,34)23-16-20(26)7-10-22(23)35-2/h5-10,16,19H,3-4,11-15,17H2,1-2H3,(H,27,31). The van der Waals surface area contributed by atoms with Gasteiger partial charge < -0.3 is 19.9 Å². The van der Waals surface area contributed by atoms with E-state index in [1.54, 1.807) is 24.3 Å². The monoisotopic (exact) mass is 518 g/mol. The van der Waals surface area contributed by atoms with Crippen LogP contribution in [0.15, 0.2) is 47.4 Å². The molecule has 0 spiro atoms. The molecule has 0 radical (unpaired) electrons. The van der Waals surface area contributed by atoms with E-state index in [2.05, 4.69) is 10.2 Å². The Balaban J connectivity index is 1.40. The van der Waals surface area contributed by atoms with Crippen molar-refractivity contribution in [2.24, 2.45) is 5.92 Å². The van der Waals surface area contributed by atoms with E-state index in [-0.39, 0.29) is 35.5 Å². The molecule has 2 aromatic carbocycles. The summed E-state index contributed by atoms with van der Waals surface area (Å²) in [5, 5.41) is 2.83. The maximum Gasteiger partial charge on any atom is 0.253 e. The number of anilines is 1. The molecule has 1 atom stereocenters. The van der Waals surface area contributed by atoms with Crippen molar-refractivity contribution in [1.82, 2.24) is 14.1 Å². The number of nitrogens with one attached hydrogen (secondary N) is 1. The van der Waals surface area contributed by atoms with Gasteiger partial charge in [-0.1, -0.05) is 0 Å². The van der Waals surface area contributed by atoms with Crippen LogP contribution in [0.1, 0.15) is 23.2 Å². The van der Waals surface area contributed by atoms with Crippen LogP contribution in [0.4, 0.5) is 10.1 Å². The first kappa shape index (κ1) is 26.1. The van der Waals surface area contributed by atoms with Gasteiger partial charge in [-0.2, -0.15) is 4.31 Å². The van der Waals surface area contributed by atoms with Gasteiger partial charge in [-0.05, 0) is 62.4 Å². The maximum absolute atomic E-state index is 13.8. The lowest BCUT2D eigenvalue weighted by atomic mass is 9.98. The first-order chi connectivity index (χ1) is 17.2. The fourth-order valence-electron chi connectivity index (χ4n) is 4.50. The summed E-state index contributed by atoms with van der Waals surface area (Å²) < 4.78 is 46.5. The molecule has 1 unspecified atom stereocenters. The molecule has 0 bridgehead atoms. The van der Waals surface area contributed by atoms with Gasteiger partial charge in [0.1, 0.15) is 16.5 Å². The molecule has 11 heteroatoms. The first-order valence-corrected chi connectivity index (χ1v) is 13.4. The van der Waals surface area contributed by atoms with E-state index in [0.717, 1.165) is 25.2 Å². The maximum atomic E-state index is 13.8. The summed E-state index contributed by atoms with van der Waals surface area (Å²) in [6.07, 6.45) is 1.02. The van der Waals surface area contributed by atoms with E-state index in [9.17, 15) is 22.4 Å². The predicted octanol–water partition coefficient (Wildman–Crippen LogP) is 2.26. The number of hydrogen-bond acceptors (Lipinski definition) is 6. The number of amides is 2. The van der Waals surface area contributed by atoms with Crippen molar-refractivity contribution < 1.29 is 27.1 Å². The Morgan fingerprint density at radius 1 is 1.03 bits per heavy atom. The Hall–Kier alpha value is -3.02. The highest BCUT2D eigenvalue weighted by Crippen LogP contribution is 2.30. The van der Waals surface area contributed by atoms with Gasteiger partial charge in [-0.3, -0.25) is 9.59 Å². The Bertz CT molecular complexity index is 1210. The molecule has 2 amide bonds. The zero-order chi connectivity index (χ0) is 25.9. The van der Waals surface area contributed by atoms with E-state index in [1.807, 2.05) is 11.9 Å². The van der Waals surface area contributed by atoms with Crippen LogP contribution in [0.3, 0.4) is 0 Å². The molecule has 0 aliphatic carbocycles. The second-order valence-corrected chi connectivity index (χ2v) is 11.1. The van der Waals surface area contributed by atoms with E-state index in [1.165, 1.54) is 17.5 Å². The highest BCUT2D eigenvalue weighted by Gasteiger charge is 2.35. The summed E-state index contributed by atoms with van der Waals surface area (Å²) >= 11 is 0. The highest BCUT2D eigenvalue weighted by molar-refractivity contribution is 7.89. The molecule has 0 saturated carbocycles. The largest absolute Gasteiger partial charge is 0.495 e. The molecular formula is C25H31FN4O5S. The molecular weight excluding hydrogens is 487 g/mol. The number of halogens is 1. The van der Waals surface area contributed by atoms with Crippen molar-refractivity contribution >= 4 is 27.5 Å². The average Bonchev–Trinajstić information content (AvgIpc) is 2.89. The van der Waals surface area contributed by atoms with Crippen LogP contribution < -0.4 is 10.1 Å². The van der Waals surface area contributed by atoms with Crippen LogP contribution in [0.25, 0.3) is 0 Å². The average molecular weight is 519 g/mol. The molecule has 194 valence electrons. The van der Waals surface area contributed by atoms with Gasteiger partial charge in [0.15, 0.2) is 0 Å². The van der Waals surface area contributed by atoms with E-state index in [0.29, 0.717) is 37.2 Å². The van der Waals surface area contributed by atoms with Gasteiger partial charge in [0.05, 0.1) is 13.0 Å². The highest BCUT2D eigenvalue weighted by atomic mass is 32.2. The van der Waals surface area contributed by atoms with E-state index in [4.69, 9.17) is 4.74 Å². The third kappa shape index (κ3) is 5.69. The summed E-state index contributed by atoms with van der Waals surface area (Å²) in [5.41, 5.74) is 1.08. The molecule has 2 aliphatic heterocycles. The quantitative estimate of drug-likeness (QED) is 0.630. The van der Waals surface area contributed by atoms with Gasteiger partial charge in [-0.15, -0.1) is 0 Å². The molecule has 2 aromatic rings. The van der Waals surface area contributed by atoms with Crippen LogP contribution in [0.5, 0.6) is 5.75 Å². The number of likely N-dealkylation sites (N-methyl/N-ethyl adjacent to an activating group) is 1. The zero-order valence-corrected chi connectivity index (χ0v) is 21.3. The van der Waals surface area contributed by atoms with E-state index < -0.39 is 21.8 Å². The van der Waals surface area contributed by atoms with Gasteiger partial charge in [0.25, 0.3) is 5.91 Å². The minimum atomic E-state index is -4.05. The summed E-state index contributed by atoms with van der Waals surface area (Å²) in [4.78, 5) is 29.4. The normalized spacial score (nSPS) is 19.6. The van der Waals surface area contributed by atoms with Crippen molar-refractivity contribution in [3.63, 3.8) is 0 Å². The van der Waals surface area contributed by atoms with Gasteiger partial charge >= 0.3 is 0 Å². The summed E-state index contributed by atoms with van der Waals surface area (Å²) in [5.74, 6) is -1.55. The van der Waals surface area contributed by atoms with Crippen LogP contribution in [-0.2, 0) is 14.8 Å². The second-order valence-electron chi connectivity index (χ2n) is 9.16. The van der Waals surface area contributed by atoms with Crippen molar-refractivity contribution in [3.8, 4) is 5.75 Å². The van der Waals surface area contributed by atoms with Gasteiger partial charge in [0.2, 0.25) is 15.9 Å². The number of hydrogen-bond donors (Lipinski definition) is 1. The van der Waals surface area contributed by atoms with Crippen molar-refractivity contribution in [2.75, 3.05) is 58.7 Å². The molecule has 2 aliphatic rings. The lowest BCUT2D eigenvalue weighted by Gasteiger charge is -2.32. The third-order valence-corrected chi connectivity index (χ3v) is 8.57. The Labute approximate surface area is 210 Å². The van der Waals surface area contributed by atoms with Crippen LogP contribution >= 0.6 is 0 Å². The van der Waals surface area contributed by atoms with Crippen molar-refractivity contribution in [2.45, 2.75) is 17.7 Å². The molecule has 9 nitrogen and oxygen atoms in total. The molecule has 2 saturated heterocycles. The number of rotatable bonds is 6. The number of sulfonamides is 1. The SMILES string of the molecule is COc1ccc(F)cc1S(=O)(=O)N1CCCC(C(=O)Nc2ccc(C(=O)N3CCN(C)CC3)cc2)C1. The number of piperazine rings is 1. The topological polar surface area (TPSA) is 99.3 Å². The number of methoxy groups -OCH3 is 1. The second kappa shape index (κ2) is 10.9. The zero-order valence-electron chi connectivity index (χ0n) is 20.4. The molecule has 36 heavy (non-hydrogen) atoms. The van der Waals surface area contributed by atoms with Crippen LogP contribution in [0.2, 0.25) is 0 Å². The fourth-order valence-corrected chi connectivity index (χ4v) is 6.19. The molecule has 1 N–H and O–H groups in total. The molecule has 2 heterocycles. The minimum absolute atomic E-state index is 0.0200. The lowest BCUT2D eigenvalue weighted by molar-refractivity contribution is -0.120. The number of piperidine rings is 1. The number of nitrogens with zero attached hydrogens (tertiary/aromatic N) is 3. The summed E-state index contributed by atoms with van der Waals surface area (Å²) in [7, 11) is -0.704. The van der Waals surface area contributed by atoms with Gasteiger partial charge in [-0.25, -0.2) is 12.8 Å². The minimum Gasteiger partial charge on any atom is -0.495 e. The lowest BCUT2D eigenvalue weighted by Crippen LogP contribution is -2.47. The Kier molecular flexibility index (Phi) is 7.91. The van der Waals surface area contributed by atoms with E-state index >= 15 is 0 Å². The van der Waals surface area contributed by atoms with Crippen LogP contribution in [0, 0.1) is 11.7 Å². The molecule has 2 fully saturated rings. The predicted molar refractivity (Wildman–Crippen MR) is 133 cm³/mol. The Morgan fingerprint density at radius 3 is 2.39 bits per heavy atom. The number of carbonyl (C=O) groups is 2. The molecule has 4 rings (SSSR count). The fraction of sp³-hybridized carbons (Fsp3) is 0.440. The molecule has 0 aromatic heterocycles. The smallest absolute Gasteiger partial charge is 0.253 e. The number of carbonyl (C=O) groups excluding carboxylic acids is 2. The van der Waals surface area contributed by atoms with Crippen molar-refractivity contribution in [1.29, 1.82) is 0 Å². The van der Waals surface area contributed by atoms with Crippen molar-refractivity contribution in [3.05, 3.63) is 53.8 Å². The summed E-state index contributed by atoms with van der Waals surface area (Å²) in [6, 6.07) is 10.1. The Morgan fingerprint density at radius 2 is 1.72 bits per heavy atom. The summed E-state index contributed by atoms with van der Waals surface area (Å²) in [6.45, 7) is 3.23. The van der Waals surface area contributed by atoms with Gasteiger partial charge in [0, 0.05) is 50.5 Å². The number of ether oxygens (including phenoxy) is 1. The third-order valence-electron chi connectivity index (χ3n) is 6.69. The van der Waals surface area contributed by atoms with Crippen LogP contribution in [-0.4, -0.2) is 87.8 Å². The first-order valence-electron chi connectivity index (χ1n) is 11.9.